The molecule has 0 unspecified atom stereocenters. The molecule has 0 spiro atoms. The Bertz CT molecular complexity index is 764. The number of carbonyl (C=O) groups excluding carboxylic acids is 2. The summed E-state index contributed by atoms with van der Waals surface area (Å²) in [5.74, 6) is -1.45. The van der Waals surface area contributed by atoms with Crippen molar-refractivity contribution in [3.8, 4) is 0 Å². The zero-order valence-electron chi connectivity index (χ0n) is 15.2. The smallest absolute Gasteiger partial charge is 0.323 e. The van der Waals surface area contributed by atoms with Gasteiger partial charge in [0, 0.05) is 24.3 Å². The fraction of sp³-hybridized carbons (Fsp3) is 0.286. The number of hydrogen-bond acceptors (Lipinski definition) is 4. The van der Waals surface area contributed by atoms with Crippen molar-refractivity contribution in [2.75, 3.05) is 17.2 Å². The summed E-state index contributed by atoms with van der Waals surface area (Å²) in [5.41, 5.74) is 1.65. The van der Waals surface area contributed by atoms with Crippen molar-refractivity contribution in [3.63, 3.8) is 0 Å². The van der Waals surface area contributed by atoms with Crippen LogP contribution in [0.5, 0.6) is 0 Å². The highest BCUT2D eigenvalue weighted by molar-refractivity contribution is 8.13. The predicted molar refractivity (Wildman–Crippen MR) is 108 cm³/mol. The molecule has 0 heterocycles. The van der Waals surface area contributed by atoms with Crippen molar-refractivity contribution in [2.24, 2.45) is 5.92 Å². The molecule has 1 amide bonds. The quantitative estimate of drug-likeness (QED) is 0.713. The summed E-state index contributed by atoms with van der Waals surface area (Å²) >= 11 is 1.10. The number of rotatable bonds is 9. The average molecular weight is 385 g/mol. The second-order valence-electron chi connectivity index (χ2n) is 6.18. The highest BCUT2D eigenvalue weighted by atomic mass is 32.2. The van der Waals surface area contributed by atoms with Gasteiger partial charge in [-0.3, -0.25) is 14.4 Å². The first-order chi connectivity index (χ1) is 13.0. The summed E-state index contributed by atoms with van der Waals surface area (Å²) in [7, 11) is 0. The number of amides is 1. The number of carboxylic acids is 1. The zero-order valence-corrected chi connectivity index (χ0v) is 16.0. The number of thioether (sulfide) groups is 1. The molecule has 0 saturated carbocycles. The Kier molecular flexibility index (Phi) is 8.07. The standard InChI is InChI=1S/C21H23NO4S/c1-16(23)27-15-18(13-12-17-8-4-2-5-9-17)21(26)22(14-20(24)25)19-10-6-3-7-11-19/h2-11,18H,12-15H2,1H3,(H,24,25)/t18-/m1/s1. The number of carboxylic acid groups (broad SMARTS) is 1. The molecule has 2 rings (SSSR count). The van der Waals surface area contributed by atoms with E-state index in [4.69, 9.17) is 0 Å². The van der Waals surface area contributed by atoms with Gasteiger partial charge in [0.25, 0.3) is 0 Å². The molecule has 0 bridgehead atoms. The zero-order chi connectivity index (χ0) is 19.6. The van der Waals surface area contributed by atoms with Gasteiger partial charge in [0.1, 0.15) is 6.54 Å². The Morgan fingerprint density at radius 2 is 1.59 bits per heavy atom. The number of aliphatic carboxylic acids is 1. The third-order valence-corrected chi connectivity index (χ3v) is 5.06. The Labute approximate surface area is 163 Å². The van der Waals surface area contributed by atoms with E-state index in [0.717, 1.165) is 17.3 Å². The van der Waals surface area contributed by atoms with E-state index in [0.29, 0.717) is 24.3 Å². The van der Waals surface area contributed by atoms with E-state index < -0.39 is 18.4 Å². The molecule has 27 heavy (non-hydrogen) atoms. The monoisotopic (exact) mass is 385 g/mol. The van der Waals surface area contributed by atoms with Crippen LogP contribution in [-0.4, -0.2) is 34.4 Å². The van der Waals surface area contributed by atoms with Crippen LogP contribution in [0.3, 0.4) is 0 Å². The number of hydrogen-bond donors (Lipinski definition) is 1. The molecule has 2 aromatic rings. The molecule has 1 N–H and O–H groups in total. The number of benzene rings is 2. The molecule has 2 aromatic carbocycles. The fourth-order valence-electron chi connectivity index (χ4n) is 2.74. The molecular formula is C21H23NO4S. The number of anilines is 1. The van der Waals surface area contributed by atoms with Gasteiger partial charge in [-0.15, -0.1) is 0 Å². The fourth-order valence-corrected chi connectivity index (χ4v) is 3.49. The second-order valence-corrected chi connectivity index (χ2v) is 7.37. The normalized spacial score (nSPS) is 11.6. The van der Waals surface area contributed by atoms with Crippen molar-refractivity contribution in [1.82, 2.24) is 0 Å². The predicted octanol–water partition coefficient (Wildman–Crippen LogP) is 3.63. The van der Waals surface area contributed by atoms with Crippen LogP contribution in [0.1, 0.15) is 18.9 Å². The molecule has 0 aliphatic heterocycles. The molecule has 6 heteroatoms. The van der Waals surface area contributed by atoms with Crippen LogP contribution < -0.4 is 4.90 Å². The summed E-state index contributed by atoms with van der Waals surface area (Å²) in [6.07, 6.45) is 1.23. The Hall–Kier alpha value is -2.60. The molecule has 0 aromatic heterocycles. The third kappa shape index (κ3) is 6.90. The van der Waals surface area contributed by atoms with E-state index in [1.165, 1.54) is 11.8 Å². The highest BCUT2D eigenvalue weighted by Crippen LogP contribution is 2.22. The summed E-state index contributed by atoms with van der Waals surface area (Å²) in [6.45, 7) is 1.06. The Morgan fingerprint density at radius 3 is 2.15 bits per heavy atom. The summed E-state index contributed by atoms with van der Waals surface area (Å²) in [5, 5.41) is 9.19. The molecule has 0 aliphatic rings. The molecule has 142 valence electrons. The summed E-state index contributed by atoms with van der Waals surface area (Å²) < 4.78 is 0. The topological polar surface area (TPSA) is 74.7 Å². The molecule has 0 saturated heterocycles. The summed E-state index contributed by atoms with van der Waals surface area (Å²) in [6, 6.07) is 18.6. The van der Waals surface area contributed by atoms with Gasteiger partial charge in [-0.1, -0.05) is 60.3 Å². The van der Waals surface area contributed by atoms with Crippen molar-refractivity contribution in [3.05, 3.63) is 66.2 Å². The van der Waals surface area contributed by atoms with Crippen LogP contribution in [0, 0.1) is 5.92 Å². The molecule has 5 nitrogen and oxygen atoms in total. The minimum atomic E-state index is -1.08. The van der Waals surface area contributed by atoms with E-state index in [2.05, 4.69) is 0 Å². The maximum Gasteiger partial charge on any atom is 0.323 e. The van der Waals surface area contributed by atoms with Gasteiger partial charge >= 0.3 is 5.97 Å². The number of nitrogens with zero attached hydrogens (tertiary/aromatic N) is 1. The lowest BCUT2D eigenvalue weighted by atomic mass is 9.99. The Morgan fingerprint density at radius 1 is 1.00 bits per heavy atom. The van der Waals surface area contributed by atoms with Crippen LogP contribution in [0.25, 0.3) is 0 Å². The lowest BCUT2D eigenvalue weighted by Crippen LogP contribution is -2.41. The minimum absolute atomic E-state index is 0.0583. The number of aryl methyl sites for hydroxylation is 1. The highest BCUT2D eigenvalue weighted by Gasteiger charge is 2.27. The van der Waals surface area contributed by atoms with Gasteiger partial charge < -0.3 is 10.0 Å². The first kappa shape index (κ1) is 20.7. The first-order valence-electron chi connectivity index (χ1n) is 8.73. The summed E-state index contributed by atoms with van der Waals surface area (Å²) in [4.78, 5) is 37.2. The minimum Gasteiger partial charge on any atom is -0.480 e. The Balaban J connectivity index is 2.19. The third-order valence-electron chi connectivity index (χ3n) is 4.09. The van der Waals surface area contributed by atoms with Crippen LogP contribution in [0.4, 0.5) is 5.69 Å². The van der Waals surface area contributed by atoms with Crippen molar-refractivity contribution < 1.29 is 19.5 Å². The first-order valence-corrected chi connectivity index (χ1v) is 9.71. The molecular weight excluding hydrogens is 362 g/mol. The van der Waals surface area contributed by atoms with Gasteiger partial charge in [0.15, 0.2) is 5.12 Å². The largest absolute Gasteiger partial charge is 0.480 e. The van der Waals surface area contributed by atoms with E-state index in [-0.39, 0.29) is 11.0 Å². The van der Waals surface area contributed by atoms with Crippen molar-refractivity contribution in [2.45, 2.75) is 19.8 Å². The van der Waals surface area contributed by atoms with Gasteiger partial charge in [0.2, 0.25) is 5.91 Å². The maximum absolute atomic E-state index is 13.2. The van der Waals surface area contributed by atoms with Crippen LogP contribution in [0.2, 0.25) is 0 Å². The van der Waals surface area contributed by atoms with Crippen molar-refractivity contribution in [1.29, 1.82) is 0 Å². The average Bonchev–Trinajstić information content (AvgIpc) is 2.67. The van der Waals surface area contributed by atoms with Gasteiger partial charge in [-0.25, -0.2) is 0 Å². The molecule has 1 atom stereocenters. The second kappa shape index (κ2) is 10.5. The lowest BCUT2D eigenvalue weighted by Gasteiger charge is -2.26. The van der Waals surface area contributed by atoms with Crippen LogP contribution >= 0.6 is 11.8 Å². The van der Waals surface area contributed by atoms with E-state index in [9.17, 15) is 19.5 Å². The molecule has 0 aliphatic carbocycles. The van der Waals surface area contributed by atoms with E-state index >= 15 is 0 Å². The number of para-hydroxylation sites is 1. The maximum atomic E-state index is 13.2. The van der Waals surface area contributed by atoms with Gasteiger partial charge in [-0.2, -0.15) is 0 Å². The van der Waals surface area contributed by atoms with Crippen LogP contribution in [-0.2, 0) is 20.8 Å². The van der Waals surface area contributed by atoms with Gasteiger partial charge in [-0.05, 0) is 30.5 Å². The SMILES string of the molecule is CC(=O)SC[C@@H](CCc1ccccc1)C(=O)N(CC(=O)O)c1ccccc1. The number of carbonyl (C=O) groups is 3. The van der Waals surface area contributed by atoms with Crippen molar-refractivity contribution >= 4 is 34.4 Å². The van der Waals surface area contributed by atoms with Crippen LogP contribution in [0.15, 0.2) is 60.7 Å². The van der Waals surface area contributed by atoms with E-state index in [1.807, 2.05) is 36.4 Å². The lowest BCUT2D eigenvalue weighted by molar-refractivity contribution is -0.137. The molecule has 0 fully saturated rings. The molecule has 0 radical (unpaired) electrons. The van der Waals surface area contributed by atoms with E-state index in [1.54, 1.807) is 24.3 Å². The van der Waals surface area contributed by atoms with Gasteiger partial charge in [0.05, 0.1) is 0 Å².